The normalized spacial score (nSPS) is 15.0. The van der Waals surface area contributed by atoms with Crippen molar-refractivity contribution in [3.63, 3.8) is 0 Å². The van der Waals surface area contributed by atoms with Crippen LogP contribution in [-0.2, 0) is 0 Å². The molecule has 3 rings (SSSR count). The fourth-order valence-corrected chi connectivity index (χ4v) is 3.12. The number of hydrogen-bond donors (Lipinski definition) is 1. The van der Waals surface area contributed by atoms with E-state index in [1.807, 2.05) is 24.3 Å². The van der Waals surface area contributed by atoms with Crippen LogP contribution in [0.2, 0.25) is 0 Å². The van der Waals surface area contributed by atoms with Gasteiger partial charge in [-0.15, -0.1) is 0 Å². The summed E-state index contributed by atoms with van der Waals surface area (Å²) in [4.78, 5) is 6.89. The third kappa shape index (κ3) is 3.64. The molecule has 2 N–H and O–H groups in total. The largest absolute Gasteiger partial charge is 0.492 e. The summed E-state index contributed by atoms with van der Waals surface area (Å²) in [6, 6.07) is 9.86. The lowest BCUT2D eigenvalue weighted by Crippen LogP contribution is -2.25. The summed E-state index contributed by atoms with van der Waals surface area (Å²) in [7, 11) is 0. The van der Waals surface area contributed by atoms with Crippen LogP contribution in [-0.4, -0.2) is 36.1 Å². The van der Waals surface area contributed by atoms with Gasteiger partial charge in [0.05, 0.1) is 5.69 Å². The molecule has 0 radical (unpaired) electrons. The SMILES string of the molecule is Cc1c(OCCN2CCCC2)ccc(-c2cccc(N)n2)c1C. The summed E-state index contributed by atoms with van der Waals surface area (Å²) >= 11 is 0. The fourth-order valence-electron chi connectivity index (χ4n) is 3.12. The number of ether oxygens (including phenoxy) is 1. The average Bonchev–Trinajstić information content (AvgIpc) is 3.05. The zero-order valence-electron chi connectivity index (χ0n) is 14.0. The van der Waals surface area contributed by atoms with E-state index in [9.17, 15) is 0 Å². The number of aromatic nitrogens is 1. The number of likely N-dealkylation sites (tertiary alicyclic amines) is 1. The minimum absolute atomic E-state index is 0.547. The van der Waals surface area contributed by atoms with Crippen molar-refractivity contribution >= 4 is 5.82 Å². The summed E-state index contributed by atoms with van der Waals surface area (Å²) in [5, 5.41) is 0. The molecule has 1 saturated heterocycles. The molecule has 0 saturated carbocycles. The molecule has 1 aliphatic heterocycles. The Balaban J connectivity index is 1.72. The standard InChI is InChI=1S/C19H25N3O/c1-14-15(2)18(23-13-12-22-10-3-4-11-22)9-8-16(14)17-6-5-7-19(20)21-17/h5-9H,3-4,10-13H2,1-2H3,(H2,20,21). The van der Waals surface area contributed by atoms with Crippen molar-refractivity contribution in [2.24, 2.45) is 0 Å². The number of pyridine rings is 1. The Labute approximate surface area is 138 Å². The summed E-state index contributed by atoms with van der Waals surface area (Å²) in [6.07, 6.45) is 2.64. The lowest BCUT2D eigenvalue weighted by Gasteiger charge is -2.17. The first-order chi connectivity index (χ1) is 11.1. The van der Waals surface area contributed by atoms with Crippen LogP contribution in [0.4, 0.5) is 5.82 Å². The smallest absolute Gasteiger partial charge is 0.124 e. The number of nitrogen functional groups attached to an aromatic ring is 1. The lowest BCUT2D eigenvalue weighted by atomic mass is 9.99. The van der Waals surface area contributed by atoms with E-state index in [-0.39, 0.29) is 0 Å². The van der Waals surface area contributed by atoms with Gasteiger partial charge in [-0.3, -0.25) is 4.90 Å². The molecule has 23 heavy (non-hydrogen) atoms. The van der Waals surface area contributed by atoms with Crippen molar-refractivity contribution in [1.29, 1.82) is 0 Å². The van der Waals surface area contributed by atoms with Crippen LogP contribution in [0.5, 0.6) is 5.75 Å². The third-order valence-corrected chi connectivity index (χ3v) is 4.65. The van der Waals surface area contributed by atoms with E-state index in [1.165, 1.54) is 37.1 Å². The summed E-state index contributed by atoms with van der Waals surface area (Å²) in [5.74, 6) is 1.51. The van der Waals surface area contributed by atoms with Gasteiger partial charge in [0.25, 0.3) is 0 Å². The van der Waals surface area contributed by atoms with Gasteiger partial charge >= 0.3 is 0 Å². The molecule has 0 bridgehead atoms. The Morgan fingerprint density at radius 3 is 2.61 bits per heavy atom. The van der Waals surface area contributed by atoms with Gasteiger partial charge in [-0.05, 0) is 75.2 Å². The van der Waals surface area contributed by atoms with E-state index in [0.29, 0.717) is 5.82 Å². The minimum Gasteiger partial charge on any atom is -0.492 e. The number of rotatable bonds is 5. The Bertz CT molecular complexity index is 678. The first kappa shape index (κ1) is 15.8. The predicted octanol–water partition coefficient (Wildman–Crippen LogP) is 3.42. The molecular formula is C19H25N3O. The van der Waals surface area contributed by atoms with Crippen molar-refractivity contribution in [2.45, 2.75) is 26.7 Å². The highest BCUT2D eigenvalue weighted by molar-refractivity contribution is 5.68. The zero-order valence-corrected chi connectivity index (χ0v) is 14.0. The molecule has 2 heterocycles. The van der Waals surface area contributed by atoms with Crippen molar-refractivity contribution < 1.29 is 4.74 Å². The predicted molar refractivity (Wildman–Crippen MR) is 94.7 cm³/mol. The van der Waals surface area contributed by atoms with Gasteiger partial charge in [-0.1, -0.05) is 6.07 Å². The molecule has 0 amide bonds. The highest BCUT2D eigenvalue weighted by Gasteiger charge is 2.13. The molecule has 4 nitrogen and oxygen atoms in total. The van der Waals surface area contributed by atoms with Crippen molar-refractivity contribution in [1.82, 2.24) is 9.88 Å². The molecule has 0 atom stereocenters. The first-order valence-corrected chi connectivity index (χ1v) is 8.33. The molecule has 0 spiro atoms. The van der Waals surface area contributed by atoms with Crippen LogP contribution in [0.1, 0.15) is 24.0 Å². The maximum Gasteiger partial charge on any atom is 0.124 e. The van der Waals surface area contributed by atoms with Crippen molar-refractivity contribution in [3.8, 4) is 17.0 Å². The van der Waals surface area contributed by atoms with Crippen LogP contribution in [0.3, 0.4) is 0 Å². The van der Waals surface area contributed by atoms with Gasteiger partial charge in [0, 0.05) is 12.1 Å². The first-order valence-electron chi connectivity index (χ1n) is 8.33. The number of hydrogen-bond acceptors (Lipinski definition) is 4. The van der Waals surface area contributed by atoms with Crippen LogP contribution in [0.15, 0.2) is 30.3 Å². The third-order valence-electron chi connectivity index (χ3n) is 4.65. The summed E-state index contributed by atoms with van der Waals surface area (Å²) < 4.78 is 6.01. The second kappa shape index (κ2) is 7.01. The van der Waals surface area contributed by atoms with Gasteiger partial charge in [-0.2, -0.15) is 0 Å². The quantitative estimate of drug-likeness (QED) is 0.919. The molecular weight excluding hydrogens is 286 g/mol. The van der Waals surface area contributed by atoms with Crippen LogP contribution in [0.25, 0.3) is 11.3 Å². The molecule has 122 valence electrons. The van der Waals surface area contributed by atoms with Crippen molar-refractivity contribution in [3.05, 3.63) is 41.5 Å². The highest BCUT2D eigenvalue weighted by Crippen LogP contribution is 2.30. The number of benzene rings is 1. The average molecular weight is 311 g/mol. The molecule has 1 aliphatic rings. The summed E-state index contributed by atoms with van der Waals surface area (Å²) in [6.45, 7) is 8.40. The summed E-state index contributed by atoms with van der Waals surface area (Å²) in [5.41, 5.74) is 10.2. The van der Waals surface area contributed by atoms with Crippen LogP contribution >= 0.6 is 0 Å². The Morgan fingerprint density at radius 2 is 1.87 bits per heavy atom. The second-order valence-corrected chi connectivity index (χ2v) is 6.21. The van der Waals surface area contributed by atoms with Gasteiger partial charge in [0.15, 0.2) is 0 Å². The van der Waals surface area contributed by atoms with E-state index < -0.39 is 0 Å². The van der Waals surface area contributed by atoms with E-state index in [4.69, 9.17) is 10.5 Å². The van der Waals surface area contributed by atoms with Gasteiger partial charge in [0.1, 0.15) is 18.2 Å². The Morgan fingerprint density at radius 1 is 1.09 bits per heavy atom. The Kier molecular flexibility index (Phi) is 4.82. The maximum absolute atomic E-state index is 6.01. The topological polar surface area (TPSA) is 51.4 Å². The minimum atomic E-state index is 0.547. The molecule has 2 aromatic rings. The van der Waals surface area contributed by atoms with Crippen molar-refractivity contribution in [2.75, 3.05) is 32.0 Å². The number of nitrogens with zero attached hydrogens (tertiary/aromatic N) is 2. The highest BCUT2D eigenvalue weighted by atomic mass is 16.5. The second-order valence-electron chi connectivity index (χ2n) is 6.21. The number of nitrogens with two attached hydrogens (primary N) is 1. The molecule has 1 aromatic carbocycles. The van der Waals surface area contributed by atoms with E-state index in [1.54, 1.807) is 0 Å². The molecule has 1 fully saturated rings. The zero-order chi connectivity index (χ0) is 16.2. The lowest BCUT2D eigenvalue weighted by molar-refractivity contribution is 0.237. The molecule has 0 unspecified atom stereocenters. The van der Waals surface area contributed by atoms with Crippen LogP contribution in [0, 0.1) is 13.8 Å². The molecule has 4 heteroatoms. The molecule has 1 aromatic heterocycles. The number of anilines is 1. The van der Waals surface area contributed by atoms with Gasteiger partial charge < -0.3 is 10.5 Å². The molecule has 0 aliphatic carbocycles. The van der Waals surface area contributed by atoms with Gasteiger partial charge in [-0.25, -0.2) is 4.98 Å². The van der Waals surface area contributed by atoms with E-state index in [2.05, 4.69) is 29.8 Å². The maximum atomic E-state index is 6.01. The van der Waals surface area contributed by atoms with Crippen LogP contribution < -0.4 is 10.5 Å². The monoisotopic (exact) mass is 311 g/mol. The Hall–Kier alpha value is -2.07. The fraction of sp³-hybridized carbons (Fsp3) is 0.421. The van der Waals surface area contributed by atoms with E-state index >= 15 is 0 Å². The van der Waals surface area contributed by atoms with Gasteiger partial charge in [0.2, 0.25) is 0 Å². The van der Waals surface area contributed by atoms with E-state index in [0.717, 1.165) is 30.2 Å².